The Hall–Kier alpha value is -4.47. The summed E-state index contributed by atoms with van der Waals surface area (Å²) in [7, 11) is 4.48. The molecule has 10 heteroatoms. The molecular formula is C29H33N3O7. The van der Waals surface area contributed by atoms with Gasteiger partial charge in [-0.05, 0) is 42.7 Å². The van der Waals surface area contributed by atoms with Gasteiger partial charge < -0.3 is 33.5 Å². The Kier molecular flexibility index (Phi) is 8.75. The molecule has 3 aromatic rings. The van der Waals surface area contributed by atoms with Crippen molar-refractivity contribution in [1.29, 1.82) is 0 Å². The number of hydrogen-bond acceptors (Lipinski definition) is 8. The average molecular weight is 536 g/mol. The van der Waals surface area contributed by atoms with Crippen LogP contribution in [-0.2, 0) is 16.1 Å². The van der Waals surface area contributed by atoms with Gasteiger partial charge >= 0.3 is 0 Å². The molecule has 2 aromatic carbocycles. The third-order valence-electron chi connectivity index (χ3n) is 6.50. The molecule has 1 aliphatic heterocycles. The van der Waals surface area contributed by atoms with Gasteiger partial charge in [0.25, 0.3) is 11.7 Å². The van der Waals surface area contributed by atoms with Crippen LogP contribution < -0.4 is 18.9 Å². The summed E-state index contributed by atoms with van der Waals surface area (Å²) < 4.78 is 24.1. The van der Waals surface area contributed by atoms with Gasteiger partial charge in [-0.25, -0.2) is 4.98 Å². The Bertz CT molecular complexity index is 1330. The molecule has 1 aliphatic rings. The number of carbonyl (C=O) groups excluding carboxylic acids is 2. The van der Waals surface area contributed by atoms with E-state index in [1.165, 1.54) is 26.2 Å². The summed E-state index contributed by atoms with van der Waals surface area (Å²) in [6.45, 7) is 3.37. The van der Waals surface area contributed by atoms with Crippen LogP contribution in [0, 0.1) is 0 Å². The highest BCUT2D eigenvalue weighted by molar-refractivity contribution is 6.46. The van der Waals surface area contributed by atoms with Crippen molar-refractivity contribution in [3.05, 3.63) is 71.8 Å². The van der Waals surface area contributed by atoms with E-state index in [4.69, 9.17) is 18.9 Å². The van der Waals surface area contributed by atoms with Crippen LogP contribution in [0.2, 0.25) is 0 Å². The maximum atomic E-state index is 13.5. The number of aromatic nitrogens is 2. The van der Waals surface area contributed by atoms with E-state index in [0.29, 0.717) is 53.7 Å². The van der Waals surface area contributed by atoms with Crippen molar-refractivity contribution in [2.45, 2.75) is 32.4 Å². The molecule has 1 saturated heterocycles. The summed E-state index contributed by atoms with van der Waals surface area (Å²) in [4.78, 5) is 32.3. The van der Waals surface area contributed by atoms with Gasteiger partial charge in [0.1, 0.15) is 11.5 Å². The molecule has 1 atom stereocenters. The van der Waals surface area contributed by atoms with Crippen molar-refractivity contribution in [1.82, 2.24) is 14.5 Å². The third kappa shape index (κ3) is 5.69. The van der Waals surface area contributed by atoms with Gasteiger partial charge in [0.15, 0.2) is 11.5 Å². The highest BCUT2D eigenvalue weighted by Crippen LogP contribution is 2.45. The molecular weight excluding hydrogens is 502 g/mol. The Balaban J connectivity index is 1.82. The van der Waals surface area contributed by atoms with E-state index in [1.54, 1.807) is 48.9 Å². The second-order valence-electron chi connectivity index (χ2n) is 8.98. The molecule has 2 heterocycles. The predicted molar refractivity (Wildman–Crippen MR) is 144 cm³/mol. The maximum absolute atomic E-state index is 13.5. The Labute approximate surface area is 227 Å². The number of ketones is 1. The lowest BCUT2D eigenvalue weighted by molar-refractivity contribution is -0.139. The van der Waals surface area contributed by atoms with E-state index in [0.717, 1.165) is 6.42 Å². The number of hydrogen-bond donors (Lipinski definition) is 1. The normalized spacial score (nSPS) is 16.4. The number of aryl methyl sites for hydroxylation is 1. The zero-order valence-corrected chi connectivity index (χ0v) is 22.5. The third-order valence-corrected chi connectivity index (χ3v) is 6.50. The molecule has 1 amide bonds. The van der Waals surface area contributed by atoms with E-state index in [9.17, 15) is 14.7 Å². The van der Waals surface area contributed by atoms with Crippen molar-refractivity contribution in [3.63, 3.8) is 0 Å². The van der Waals surface area contributed by atoms with Gasteiger partial charge in [-0.2, -0.15) is 0 Å². The molecule has 1 aromatic heterocycles. The van der Waals surface area contributed by atoms with E-state index in [1.807, 2.05) is 17.7 Å². The van der Waals surface area contributed by atoms with Crippen LogP contribution in [0.1, 0.15) is 36.9 Å². The zero-order valence-electron chi connectivity index (χ0n) is 22.5. The Morgan fingerprint density at radius 2 is 1.77 bits per heavy atom. The molecule has 39 heavy (non-hydrogen) atoms. The molecule has 1 fully saturated rings. The summed E-state index contributed by atoms with van der Waals surface area (Å²) in [6.07, 6.45) is 6.59. The Morgan fingerprint density at radius 3 is 2.38 bits per heavy atom. The van der Waals surface area contributed by atoms with Crippen LogP contribution in [0.4, 0.5) is 0 Å². The van der Waals surface area contributed by atoms with E-state index >= 15 is 0 Å². The van der Waals surface area contributed by atoms with Gasteiger partial charge in [-0.15, -0.1) is 0 Å². The van der Waals surface area contributed by atoms with Crippen LogP contribution in [0.15, 0.2) is 60.7 Å². The van der Waals surface area contributed by atoms with Crippen LogP contribution in [0.3, 0.4) is 0 Å². The molecule has 4 rings (SSSR count). The smallest absolute Gasteiger partial charge is 0.295 e. The van der Waals surface area contributed by atoms with Crippen LogP contribution in [-0.4, -0.2) is 65.7 Å². The van der Waals surface area contributed by atoms with Crippen molar-refractivity contribution < 1.29 is 33.6 Å². The number of amides is 1. The highest BCUT2D eigenvalue weighted by atomic mass is 16.5. The minimum atomic E-state index is -0.887. The van der Waals surface area contributed by atoms with Crippen LogP contribution in [0.5, 0.6) is 23.0 Å². The average Bonchev–Trinajstić information content (AvgIpc) is 3.57. The first kappa shape index (κ1) is 27.6. The van der Waals surface area contributed by atoms with E-state index < -0.39 is 17.7 Å². The number of rotatable bonds is 12. The topological polar surface area (TPSA) is 112 Å². The molecule has 1 unspecified atom stereocenters. The van der Waals surface area contributed by atoms with Gasteiger partial charge in [0.2, 0.25) is 5.75 Å². The minimum absolute atomic E-state index is 0.0236. The number of aliphatic hydroxyl groups is 1. The summed E-state index contributed by atoms with van der Waals surface area (Å²) in [5.74, 6) is -0.0859. The second-order valence-corrected chi connectivity index (χ2v) is 8.98. The first-order chi connectivity index (χ1) is 18.9. The first-order valence-electron chi connectivity index (χ1n) is 12.7. The molecule has 0 radical (unpaired) electrons. The minimum Gasteiger partial charge on any atom is -0.507 e. The lowest BCUT2D eigenvalue weighted by atomic mass is 9.94. The maximum Gasteiger partial charge on any atom is 0.295 e. The number of nitrogens with zero attached hydrogens (tertiary/aromatic N) is 3. The largest absolute Gasteiger partial charge is 0.507 e. The molecule has 206 valence electrons. The van der Waals surface area contributed by atoms with Gasteiger partial charge in [-0.1, -0.05) is 19.1 Å². The fourth-order valence-electron chi connectivity index (χ4n) is 4.67. The summed E-state index contributed by atoms with van der Waals surface area (Å²) in [5, 5.41) is 11.5. The van der Waals surface area contributed by atoms with Crippen molar-refractivity contribution in [2.75, 3.05) is 34.5 Å². The highest BCUT2D eigenvalue weighted by Gasteiger charge is 2.46. The SMILES string of the molecule is CCCOc1cccc(C(O)=C2C(=O)C(=O)N(CCCn3ccnc3)C2c2cc(OC)c(OC)c(OC)c2)c1. The number of aliphatic hydroxyl groups excluding tert-OH is 1. The fraction of sp³-hybridized carbons (Fsp3) is 0.345. The Morgan fingerprint density at radius 1 is 1.03 bits per heavy atom. The molecule has 0 aliphatic carbocycles. The number of Topliss-reactive ketones (excluding diaryl/α,β-unsaturated/α-hetero) is 1. The number of ether oxygens (including phenoxy) is 4. The number of likely N-dealkylation sites (tertiary alicyclic amines) is 1. The summed E-state index contributed by atoms with van der Waals surface area (Å²) in [6, 6.07) is 9.33. The molecule has 1 N–H and O–H groups in total. The monoisotopic (exact) mass is 535 g/mol. The van der Waals surface area contributed by atoms with Crippen molar-refractivity contribution in [3.8, 4) is 23.0 Å². The lowest BCUT2D eigenvalue weighted by Gasteiger charge is -2.26. The standard InChI is InChI=1S/C29H33N3O7/c1-5-14-39-21-9-6-8-19(15-21)26(33)24-25(20-16-22(36-2)28(38-4)23(17-20)37-3)32(29(35)27(24)34)12-7-11-31-13-10-30-18-31/h6,8-10,13,15-18,25,33H,5,7,11-12,14H2,1-4H3. The fourth-order valence-corrected chi connectivity index (χ4v) is 4.67. The molecule has 10 nitrogen and oxygen atoms in total. The van der Waals surface area contributed by atoms with Gasteiger partial charge in [-0.3, -0.25) is 9.59 Å². The summed E-state index contributed by atoms with van der Waals surface area (Å²) in [5.41, 5.74) is 0.883. The number of imidazole rings is 1. The molecule has 0 spiro atoms. The van der Waals surface area contributed by atoms with E-state index in [2.05, 4.69) is 4.98 Å². The quantitative estimate of drug-likeness (QED) is 0.209. The van der Waals surface area contributed by atoms with Crippen LogP contribution >= 0.6 is 0 Å². The molecule has 0 bridgehead atoms. The number of benzene rings is 2. The number of carbonyl (C=O) groups is 2. The van der Waals surface area contributed by atoms with Gasteiger partial charge in [0, 0.05) is 31.0 Å². The molecule has 0 saturated carbocycles. The summed E-state index contributed by atoms with van der Waals surface area (Å²) >= 11 is 0. The second kappa shape index (κ2) is 12.4. The van der Waals surface area contributed by atoms with Gasteiger partial charge in [0.05, 0.1) is 45.9 Å². The van der Waals surface area contributed by atoms with Crippen molar-refractivity contribution in [2.24, 2.45) is 0 Å². The van der Waals surface area contributed by atoms with E-state index in [-0.39, 0.29) is 17.9 Å². The first-order valence-corrected chi connectivity index (χ1v) is 12.7. The van der Waals surface area contributed by atoms with Crippen LogP contribution in [0.25, 0.3) is 5.76 Å². The number of methoxy groups -OCH3 is 3. The zero-order chi connectivity index (χ0) is 27.9. The lowest BCUT2D eigenvalue weighted by Crippen LogP contribution is -2.31. The predicted octanol–water partition coefficient (Wildman–Crippen LogP) is 4.21. The van der Waals surface area contributed by atoms with Crippen molar-refractivity contribution >= 4 is 17.4 Å².